The number of likely N-dealkylation sites (tertiary alicyclic amines) is 1. The van der Waals surface area contributed by atoms with Crippen LogP contribution in [0.25, 0.3) is 0 Å². The van der Waals surface area contributed by atoms with Crippen LogP contribution in [0.15, 0.2) is 24.3 Å². The summed E-state index contributed by atoms with van der Waals surface area (Å²) in [6.07, 6.45) is 4.31. The quantitative estimate of drug-likeness (QED) is 0.862. The molecule has 0 bridgehead atoms. The monoisotopic (exact) mass is 303 g/mol. The minimum Gasteiger partial charge on any atom is -0.497 e. The van der Waals surface area contributed by atoms with Crippen LogP contribution in [-0.4, -0.2) is 44.2 Å². The van der Waals surface area contributed by atoms with Crippen molar-refractivity contribution >= 4 is 5.91 Å². The molecule has 0 N–H and O–H groups in total. The molecule has 0 radical (unpaired) electrons. The molecule has 0 spiro atoms. The Labute approximate surface area is 132 Å². The van der Waals surface area contributed by atoms with E-state index in [9.17, 15) is 4.79 Å². The first-order valence-electron chi connectivity index (χ1n) is 8.28. The maximum atomic E-state index is 12.7. The van der Waals surface area contributed by atoms with Gasteiger partial charge in [-0.2, -0.15) is 0 Å². The molecule has 2 atom stereocenters. The number of ether oxygens (including phenoxy) is 2. The van der Waals surface area contributed by atoms with E-state index in [1.807, 2.05) is 12.1 Å². The topological polar surface area (TPSA) is 38.8 Å². The van der Waals surface area contributed by atoms with E-state index >= 15 is 0 Å². The van der Waals surface area contributed by atoms with Crippen molar-refractivity contribution in [3.8, 4) is 5.75 Å². The number of hydrogen-bond acceptors (Lipinski definition) is 3. The molecule has 4 heteroatoms. The first kappa shape index (κ1) is 15.3. The van der Waals surface area contributed by atoms with Gasteiger partial charge in [0.05, 0.1) is 19.6 Å². The number of carbonyl (C=O) groups is 1. The van der Waals surface area contributed by atoms with Gasteiger partial charge in [0, 0.05) is 25.6 Å². The highest BCUT2D eigenvalue weighted by Gasteiger charge is 2.30. The highest BCUT2D eigenvalue weighted by molar-refractivity contribution is 5.79. The lowest BCUT2D eigenvalue weighted by atomic mass is 9.94. The van der Waals surface area contributed by atoms with E-state index in [2.05, 4.69) is 17.0 Å². The van der Waals surface area contributed by atoms with Gasteiger partial charge in [-0.15, -0.1) is 0 Å². The Morgan fingerprint density at radius 2 is 2.05 bits per heavy atom. The largest absolute Gasteiger partial charge is 0.497 e. The van der Waals surface area contributed by atoms with Gasteiger partial charge in [-0.25, -0.2) is 0 Å². The number of amides is 1. The van der Waals surface area contributed by atoms with Gasteiger partial charge in [0.2, 0.25) is 5.91 Å². The minimum atomic E-state index is 0.0783. The maximum absolute atomic E-state index is 12.7. The first-order chi connectivity index (χ1) is 10.8. The molecule has 0 unspecified atom stereocenters. The van der Waals surface area contributed by atoms with Gasteiger partial charge in [-0.05, 0) is 37.0 Å². The average molecular weight is 303 g/mol. The summed E-state index contributed by atoms with van der Waals surface area (Å²) in [5, 5.41) is 0. The molecule has 0 saturated carbocycles. The molecule has 0 aliphatic carbocycles. The summed E-state index contributed by atoms with van der Waals surface area (Å²) in [6, 6.07) is 8.29. The second kappa shape index (κ2) is 7.14. The summed E-state index contributed by atoms with van der Waals surface area (Å²) in [5.74, 6) is 1.68. The van der Waals surface area contributed by atoms with Crippen LogP contribution in [0.3, 0.4) is 0 Å². The van der Waals surface area contributed by atoms with Crippen molar-refractivity contribution in [1.29, 1.82) is 0 Å². The average Bonchev–Trinajstić information content (AvgIpc) is 2.99. The number of benzene rings is 1. The number of nitrogens with zero attached hydrogens (tertiary/aromatic N) is 1. The Morgan fingerprint density at radius 1 is 1.23 bits per heavy atom. The third-order valence-electron chi connectivity index (χ3n) is 4.85. The highest BCUT2D eigenvalue weighted by Crippen LogP contribution is 2.29. The van der Waals surface area contributed by atoms with E-state index < -0.39 is 0 Å². The Morgan fingerprint density at radius 3 is 2.73 bits per heavy atom. The second-order valence-electron chi connectivity index (χ2n) is 6.31. The van der Waals surface area contributed by atoms with Gasteiger partial charge in [0.1, 0.15) is 5.75 Å². The summed E-state index contributed by atoms with van der Waals surface area (Å²) in [6.45, 7) is 3.05. The molecule has 22 heavy (non-hydrogen) atoms. The summed E-state index contributed by atoms with van der Waals surface area (Å²) < 4.78 is 10.6. The summed E-state index contributed by atoms with van der Waals surface area (Å²) in [5.41, 5.74) is 1.31. The van der Waals surface area contributed by atoms with Crippen molar-refractivity contribution in [2.75, 3.05) is 33.4 Å². The van der Waals surface area contributed by atoms with Gasteiger partial charge < -0.3 is 14.4 Å². The predicted molar refractivity (Wildman–Crippen MR) is 85.1 cm³/mol. The van der Waals surface area contributed by atoms with Crippen LogP contribution >= 0.6 is 0 Å². The lowest BCUT2D eigenvalue weighted by molar-refractivity contribution is -0.135. The van der Waals surface area contributed by atoms with E-state index in [-0.39, 0.29) is 11.8 Å². The van der Waals surface area contributed by atoms with Gasteiger partial charge in [-0.1, -0.05) is 18.6 Å². The zero-order valence-corrected chi connectivity index (χ0v) is 13.3. The highest BCUT2D eigenvalue weighted by atomic mass is 16.5. The standard InChI is InChI=1S/C18H25NO3/c1-21-17-7-5-14(6-8-17)15-4-2-3-10-19(12-15)18(20)16-9-11-22-13-16/h5-8,15-16H,2-4,9-13H2,1H3/t15-,16+/m0/s1. The van der Waals surface area contributed by atoms with Crippen LogP contribution in [0.1, 0.15) is 37.2 Å². The molecule has 0 aromatic heterocycles. The fraction of sp³-hybridized carbons (Fsp3) is 0.611. The first-order valence-corrected chi connectivity index (χ1v) is 8.28. The van der Waals surface area contributed by atoms with E-state index in [0.717, 1.165) is 44.7 Å². The Kier molecular flexibility index (Phi) is 4.98. The zero-order chi connectivity index (χ0) is 15.4. The van der Waals surface area contributed by atoms with Crippen LogP contribution in [0.2, 0.25) is 0 Å². The molecule has 2 aliphatic rings. The predicted octanol–water partition coefficient (Wildman–Crippen LogP) is 2.83. The number of carbonyl (C=O) groups excluding carboxylic acids is 1. The molecule has 3 rings (SSSR count). The lowest BCUT2D eigenvalue weighted by Crippen LogP contribution is -2.38. The van der Waals surface area contributed by atoms with Crippen LogP contribution < -0.4 is 4.74 Å². The third kappa shape index (κ3) is 3.43. The Hall–Kier alpha value is -1.55. The van der Waals surface area contributed by atoms with Gasteiger partial charge >= 0.3 is 0 Å². The zero-order valence-electron chi connectivity index (χ0n) is 13.3. The van der Waals surface area contributed by atoms with Crippen LogP contribution in [0.5, 0.6) is 5.75 Å². The maximum Gasteiger partial charge on any atom is 0.228 e. The third-order valence-corrected chi connectivity index (χ3v) is 4.85. The molecule has 4 nitrogen and oxygen atoms in total. The molecule has 1 aromatic rings. The van der Waals surface area contributed by atoms with E-state index in [4.69, 9.17) is 9.47 Å². The summed E-state index contributed by atoms with van der Waals surface area (Å²) >= 11 is 0. The molecule has 2 aliphatic heterocycles. The van der Waals surface area contributed by atoms with Crippen LogP contribution in [0.4, 0.5) is 0 Å². The van der Waals surface area contributed by atoms with Gasteiger partial charge in [-0.3, -0.25) is 4.79 Å². The fourth-order valence-corrected chi connectivity index (χ4v) is 3.48. The van der Waals surface area contributed by atoms with E-state index in [1.54, 1.807) is 7.11 Å². The minimum absolute atomic E-state index is 0.0783. The van der Waals surface area contributed by atoms with Crippen molar-refractivity contribution in [2.24, 2.45) is 5.92 Å². The fourth-order valence-electron chi connectivity index (χ4n) is 3.48. The van der Waals surface area contributed by atoms with E-state index in [1.165, 1.54) is 12.0 Å². The molecule has 2 saturated heterocycles. The molecule has 1 amide bonds. The van der Waals surface area contributed by atoms with Crippen molar-refractivity contribution in [2.45, 2.75) is 31.6 Å². The smallest absolute Gasteiger partial charge is 0.228 e. The van der Waals surface area contributed by atoms with E-state index in [0.29, 0.717) is 12.5 Å². The van der Waals surface area contributed by atoms with Crippen molar-refractivity contribution in [3.05, 3.63) is 29.8 Å². The molecule has 1 aromatic carbocycles. The SMILES string of the molecule is COc1ccc([C@H]2CCCCN(C(=O)[C@@H]3CCOC3)C2)cc1. The molecule has 120 valence electrons. The Bertz CT molecular complexity index is 494. The molecular formula is C18H25NO3. The Balaban J connectivity index is 1.69. The lowest BCUT2D eigenvalue weighted by Gasteiger charge is -2.27. The van der Waals surface area contributed by atoms with Crippen molar-refractivity contribution in [1.82, 2.24) is 4.90 Å². The van der Waals surface area contributed by atoms with Crippen LogP contribution in [0, 0.1) is 5.92 Å². The summed E-state index contributed by atoms with van der Waals surface area (Å²) in [7, 11) is 1.69. The van der Waals surface area contributed by atoms with Crippen molar-refractivity contribution in [3.63, 3.8) is 0 Å². The number of methoxy groups -OCH3 is 1. The molecule has 2 heterocycles. The second-order valence-corrected chi connectivity index (χ2v) is 6.31. The molecule has 2 fully saturated rings. The number of hydrogen-bond donors (Lipinski definition) is 0. The van der Waals surface area contributed by atoms with Crippen LogP contribution in [-0.2, 0) is 9.53 Å². The van der Waals surface area contributed by atoms with Gasteiger partial charge in [0.15, 0.2) is 0 Å². The van der Waals surface area contributed by atoms with Gasteiger partial charge in [0.25, 0.3) is 0 Å². The normalized spacial score (nSPS) is 25.8. The van der Waals surface area contributed by atoms with Crippen molar-refractivity contribution < 1.29 is 14.3 Å². The molecular weight excluding hydrogens is 278 g/mol. The number of rotatable bonds is 3. The summed E-state index contributed by atoms with van der Waals surface area (Å²) in [4.78, 5) is 14.7.